The Hall–Kier alpha value is -3.24. The average molecular weight is 499 g/mol. The molecule has 0 spiro atoms. The summed E-state index contributed by atoms with van der Waals surface area (Å²) in [7, 11) is -3.89. The maximum atomic E-state index is 13.0. The minimum absolute atomic E-state index is 0.0362. The lowest BCUT2D eigenvalue weighted by Crippen LogP contribution is -2.22. The van der Waals surface area contributed by atoms with Crippen LogP contribution in [0.2, 0.25) is 5.02 Å². The largest absolute Gasteiger partial charge is 0.483 e. The predicted molar refractivity (Wildman–Crippen MR) is 119 cm³/mol. The first kappa shape index (κ1) is 24.4. The predicted octanol–water partition coefficient (Wildman–Crippen LogP) is 5.49. The molecule has 11 heteroatoms. The molecule has 0 saturated heterocycles. The third-order valence-corrected chi connectivity index (χ3v) is 6.05. The third kappa shape index (κ3) is 6.39. The number of anilines is 2. The van der Waals surface area contributed by atoms with Crippen LogP contribution in [0.3, 0.4) is 0 Å². The topological polar surface area (TPSA) is 84.5 Å². The van der Waals surface area contributed by atoms with Crippen molar-refractivity contribution in [1.82, 2.24) is 0 Å². The van der Waals surface area contributed by atoms with E-state index in [2.05, 4.69) is 10.0 Å². The number of amides is 1. The quantitative estimate of drug-likeness (QED) is 0.451. The van der Waals surface area contributed by atoms with Gasteiger partial charge in [-0.05, 0) is 67.1 Å². The van der Waals surface area contributed by atoms with Crippen molar-refractivity contribution < 1.29 is 31.1 Å². The summed E-state index contributed by atoms with van der Waals surface area (Å²) in [5.41, 5.74) is -0.618. The van der Waals surface area contributed by atoms with Crippen LogP contribution in [0.15, 0.2) is 71.6 Å². The summed E-state index contributed by atoms with van der Waals surface area (Å²) in [6.45, 7) is 1.01. The Balaban J connectivity index is 1.66. The number of rotatable bonds is 7. The standard InChI is InChI=1S/C22H18ClF3N2O4S/c1-14-12-17(33(30,31)28-16-8-6-15(23)7-9-16)10-11-20(14)32-13-21(29)27-19-5-3-2-4-18(19)22(24,25)26/h2-12,28H,13H2,1H3,(H,27,29). The molecule has 0 fully saturated rings. The van der Waals surface area contributed by atoms with Crippen molar-refractivity contribution in [2.24, 2.45) is 0 Å². The fraction of sp³-hybridized carbons (Fsp3) is 0.136. The highest BCUT2D eigenvalue weighted by Crippen LogP contribution is 2.34. The highest BCUT2D eigenvalue weighted by molar-refractivity contribution is 7.92. The molecule has 3 aromatic rings. The molecule has 0 radical (unpaired) electrons. The molecule has 3 aromatic carbocycles. The van der Waals surface area contributed by atoms with Crippen LogP contribution < -0.4 is 14.8 Å². The number of carbonyl (C=O) groups is 1. The molecular formula is C22H18ClF3N2O4S. The molecule has 3 rings (SSSR count). The van der Waals surface area contributed by atoms with Crippen LogP contribution in [-0.4, -0.2) is 20.9 Å². The second kappa shape index (κ2) is 9.72. The van der Waals surface area contributed by atoms with Gasteiger partial charge in [-0.2, -0.15) is 13.2 Å². The fourth-order valence-electron chi connectivity index (χ4n) is 2.85. The molecule has 0 bridgehead atoms. The van der Waals surface area contributed by atoms with Gasteiger partial charge in [-0.3, -0.25) is 9.52 Å². The van der Waals surface area contributed by atoms with Gasteiger partial charge in [-0.1, -0.05) is 23.7 Å². The van der Waals surface area contributed by atoms with E-state index in [1.165, 1.54) is 42.5 Å². The molecule has 174 valence electrons. The molecule has 0 saturated carbocycles. The summed E-state index contributed by atoms with van der Waals surface area (Å²) in [6, 6.07) is 14.7. The van der Waals surface area contributed by atoms with Crippen LogP contribution >= 0.6 is 11.6 Å². The van der Waals surface area contributed by atoms with E-state index >= 15 is 0 Å². The van der Waals surface area contributed by atoms with Crippen LogP contribution in [-0.2, 0) is 21.0 Å². The summed E-state index contributed by atoms with van der Waals surface area (Å²) in [4.78, 5) is 12.1. The van der Waals surface area contributed by atoms with E-state index in [4.69, 9.17) is 16.3 Å². The Kier molecular flexibility index (Phi) is 7.19. The highest BCUT2D eigenvalue weighted by atomic mass is 35.5. The maximum Gasteiger partial charge on any atom is 0.418 e. The van der Waals surface area contributed by atoms with Crippen molar-refractivity contribution in [1.29, 1.82) is 0 Å². The van der Waals surface area contributed by atoms with Gasteiger partial charge in [0.05, 0.1) is 16.1 Å². The molecule has 0 heterocycles. The van der Waals surface area contributed by atoms with E-state index in [1.54, 1.807) is 19.1 Å². The first-order valence-corrected chi connectivity index (χ1v) is 11.3. The molecule has 0 unspecified atom stereocenters. The lowest BCUT2D eigenvalue weighted by molar-refractivity contribution is -0.137. The Labute approximate surface area is 193 Å². The van der Waals surface area contributed by atoms with E-state index < -0.39 is 34.3 Å². The molecule has 1 amide bonds. The minimum atomic E-state index is -4.62. The molecule has 0 atom stereocenters. The zero-order valence-corrected chi connectivity index (χ0v) is 18.7. The molecule has 33 heavy (non-hydrogen) atoms. The van der Waals surface area contributed by atoms with Gasteiger partial charge in [0.25, 0.3) is 15.9 Å². The summed E-state index contributed by atoms with van der Waals surface area (Å²) >= 11 is 5.79. The van der Waals surface area contributed by atoms with E-state index in [0.717, 1.165) is 12.1 Å². The van der Waals surface area contributed by atoms with E-state index in [1.807, 2.05) is 0 Å². The van der Waals surface area contributed by atoms with Crippen molar-refractivity contribution in [2.45, 2.75) is 18.0 Å². The number of hydrogen-bond acceptors (Lipinski definition) is 4. The van der Waals surface area contributed by atoms with Gasteiger partial charge in [0.2, 0.25) is 0 Å². The lowest BCUT2D eigenvalue weighted by Gasteiger charge is -2.15. The number of benzene rings is 3. The third-order valence-electron chi connectivity index (χ3n) is 4.42. The van der Waals surface area contributed by atoms with Crippen LogP contribution in [0.1, 0.15) is 11.1 Å². The number of aryl methyl sites for hydroxylation is 1. The van der Waals surface area contributed by atoms with E-state index in [0.29, 0.717) is 16.3 Å². The molecule has 6 nitrogen and oxygen atoms in total. The van der Waals surface area contributed by atoms with Gasteiger partial charge in [-0.25, -0.2) is 8.42 Å². The second-order valence-electron chi connectivity index (χ2n) is 6.92. The molecule has 2 N–H and O–H groups in total. The summed E-state index contributed by atoms with van der Waals surface area (Å²) in [5.74, 6) is -0.591. The van der Waals surface area contributed by atoms with Crippen molar-refractivity contribution in [3.63, 3.8) is 0 Å². The molecule has 0 aromatic heterocycles. The molecule has 0 aliphatic rings. The summed E-state index contributed by atoms with van der Waals surface area (Å²) in [5, 5.41) is 2.63. The zero-order chi connectivity index (χ0) is 24.2. The summed E-state index contributed by atoms with van der Waals surface area (Å²) < 4.78 is 72.1. The number of ether oxygens (including phenoxy) is 1. The Morgan fingerprint density at radius 3 is 2.33 bits per heavy atom. The Bertz CT molecular complexity index is 1260. The first-order valence-electron chi connectivity index (χ1n) is 9.43. The van der Waals surface area contributed by atoms with Crippen molar-refractivity contribution >= 4 is 38.9 Å². The first-order chi connectivity index (χ1) is 15.5. The van der Waals surface area contributed by atoms with Gasteiger partial charge >= 0.3 is 6.18 Å². The number of sulfonamides is 1. The smallest absolute Gasteiger partial charge is 0.418 e. The van der Waals surface area contributed by atoms with Crippen LogP contribution in [0.4, 0.5) is 24.5 Å². The normalized spacial score (nSPS) is 11.7. The fourth-order valence-corrected chi connectivity index (χ4v) is 4.12. The van der Waals surface area contributed by atoms with Crippen molar-refractivity contribution in [2.75, 3.05) is 16.6 Å². The van der Waals surface area contributed by atoms with Crippen molar-refractivity contribution in [3.05, 3.63) is 82.9 Å². The van der Waals surface area contributed by atoms with E-state index in [-0.39, 0.29) is 16.3 Å². The van der Waals surface area contributed by atoms with Crippen LogP contribution in [0.5, 0.6) is 5.75 Å². The Morgan fingerprint density at radius 1 is 1.03 bits per heavy atom. The van der Waals surface area contributed by atoms with Gasteiger partial charge in [0.1, 0.15) is 5.75 Å². The van der Waals surface area contributed by atoms with E-state index in [9.17, 15) is 26.4 Å². The number of para-hydroxylation sites is 1. The summed E-state index contributed by atoms with van der Waals surface area (Å²) in [6.07, 6.45) is -4.62. The van der Waals surface area contributed by atoms with Crippen molar-refractivity contribution in [3.8, 4) is 5.75 Å². The highest BCUT2D eigenvalue weighted by Gasteiger charge is 2.33. The van der Waals surface area contributed by atoms with Crippen LogP contribution in [0.25, 0.3) is 0 Å². The molecule has 0 aliphatic heterocycles. The SMILES string of the molecule is Cc1cc(S(=O)(=O)Nc2ccc(Cl)cc2)ccc1OCC(=O)Nc1ccccc1C(F)(F)F. The van der Waals surface area contributed by atoms with Gasteiger partial charge in [0, 0.05) is 10.7 Å². The maximum absolute atomic E-state index is 13.0. The van der Waals surface area contributed by atoms with Gasteiger partial charge < -0.3 is 10.1 Å². The Morgan fingerprint density at radius 2 is 1.70 bits per heavy atom. The monoisotopic (exact) mass is 498 g/mol. The zero-order valence-electron chi connectivity index (χ0n) is 17.1. The van der Waals surface area contributed by atoms with Gasteiger partial charge in [0.15, 0.2) is 6.61 Å². The molecular weight excluding hydrogens is 481 g/mol. The minimum Gasteiger partial charge on any atom is -0.483 e. The number of alkyl halides is 3. The lowest BCUT2D eigenvalue weighted by atomic mass is 10.1. The van der Waals surface area contributed by atoms with Gasteiger partial charge in [-0.15, -0.1) is 0 Å². The number of halogens is 4. The number of hydrogen-bond donors (Lipinski definition) is 2. The average Bonchev–Trinajstić information content (AvgIpc) is 2.74. The van der Waals surface area contributed by atoms with Crippen LogP contribution in [0, 0.1) is 6.92 Å². The second-order valence-corrected chi connectivity index (χ2v) is 9.04. The number of nitrogens with one attached hydrogen (secondary N) is 2. The molecule has 0 aliphatic carbocycles. The number of carbonyl (C=O) groups excluding carboxylic acids is 1.